The third-order valence-corrected chi connectivity index (χ3v) is 3.32. The van der Waals surface area contributed by atoms with Gasteiger partial charge in [-0.1, -0.05) is 12.1 Å². The van der Waals surface area contributed by atoms with E-state index in [2.05, 4.69) is 0 Å². The number of ether oxygens (including phenoxy) is 1. The van der Waals surface area contributed by atoms with Gasteiger partial charge in [0.25, 0.3) is 11.8 Å². The molecule has 2 aromatic rings. The van der Waals surface area contributed by atoms with Crippen molar-refractivity contribution in [1.82, 2.24) is 0 Å². The van der Waals surface area contributed by atoms with Crippen molar-refractivity contribution in [3.8, 4) is 5.75 Å². The largest absolute Gasteiger partial charge is 0.492 e. The molecule has 0 saturated heterocycles. The van der Waals surface area contributed by atoms with E-state index in [1.807, 2.05) is 6.92 Å². The maximum atomic E-state index is 12.5. The first-order valence-corrected chi connectivity index (χ1v) is 6.63. The second kappa shape index (κ2) is 4.94. The van der Waals surface area contributed by atoms with Crippen molar-refractivity contribution in [3.63, 3.8) is 0 Å². The molecule has 0 fully saturated rings. The molecule has 1 heterocycles. The van der Waals surface area contributed by atoms with Crippen LogP contribution in [0, 0.1) is 0 Å². The van der Waals surface area contributed by atoms with Crippen LogP contribution in [0.15, 0.2) is 42.5 Å². The highest BCUT2D eigenvalue weighted by atomic mass is 16.5. The number of hydrogen-bond donors (Lipinski definition) is 1. The Kier molecular flexibility index (Phi) is 3.10. The van der Waals surface area contributed by atoms with Crippen LogP contribution in [0.25, 0.3) is 0 Å². The van der Waals surface area contributed by atoms with Crippen LogP contribution in [0.1, 0.15) is 27.6 Å². The Morgan fingerprint density at radius 2 is 1.67 bits per heavy atom. The molecule has 106 valence electrons. The van der Waals surface area contributed by atoms with E-state index in [1.54, 1.807) is 42.5 Å². The zero-order valence-electron chi connectivity index (χ0n) is 11.5. The maximum Gasteiger partial charge on any atom is 0.266 e. The summed E-state index contributed by atoms with van der Waals surface area (Å²) in [5, 5.41) is 0. The van der Waals surface area contributed by atoms with Crippen LogP contribution in [0.3, 0.4) is 0 Å². The van der Waals surface area contributed by atoms with Crippen molar-refractivity contribution < 1.29 is 14.3 Å². The highest BCUT2D eigenvalue weighted by Gasteiger charge is 2.37. The molecule has 3 rings (SSSR count). The number of hydrogen-bond acceptors (Lipinski definition) is 4. The van der Waals surface area contributed by atoms with E-state index in [1.165, 1.54) is 0 Å². The number of carbonyl (C=O) groups is 2. The lowest BCUT2D eigenvalue weighted by Crippen LogP contribution is -2.29. The van der Waals surface area contributed by atoms with E-state index in [4.69, 9.17) is 10.5 Å². The molecule has 0 spiro atoms. The summed E-state index contributed by atoms with van der Waals surface area (Å²) in [6.45, 7) is 2.25. The molecule has 0 aromatic heterocycles. The summed E-state index contributed by atoms with van der Waals surface area (Å²) in [6, 6.07) is 11.6. The Hall–Kier alpha value is -2.82. The van der Waals surface area contributed by atoms with Gasteiger partial charge in [-0.2, -0.15) is 0 Å². The fourth-order valence-electron chi connectivity index (χ4n) is 2.39. The number of imide groups is 1. The van der Waals surface area contributed by atoms with E-state index in [9.17, 15) is 9.59 Å². The zero-order chi connectivity index (χ0) is 15.0. The van der Waals surface area contributed by atoms with Crippen LogP contribution in [-0.4, -0.2) is 18.4 Å². The predicted molar refractivity (Wildman–Crippen MR) is 79.6 cm³/mol. The molecule has 0 aliphatic carbocycles. The molecule has 1 aliphatic heterocycles. The molecular weight excluding hydrogens is 268 g/mol. The number of amides is 2. The smallest absolute Gasteiger partial charge is 0.266 e. The normalized spacial score (nSPS) is 13.5. The number of nitrogen functional groups attached to an aromatic ring is 1. The lowest BCUT2D eigenvalue weighted by atomic mass is 10.1. The molecule has 0 unspecified atom stereocenters. The molecule has 2 amide bonds. The van der Waals surface area contributed by atoms with Gasteiger partial charge in [-0.05, 0) is 31.2 Å². The van der Waals surface area contributed by atoms with E-state index in [0.29, 0.717) is 34.9 Å². The molecule has 0 radical (unpaired) electrons. The van der Waals surface area contributed by atoms with Gasteiger partial charge in [0.2, 0.25) is 0 Å². The maximum absolute atomic E-state index is 12.5. The van der Waals surface area contributed by atoms with Gasteiger partial charge in [0.05, 0.1) is 23.4 Å². The van der Waals surface area contributed by atoms with Crippen molar-refractivity contribution in [2.24, 2.45) is 0 Å². The highest BCUT2D eigenvalue weighted by molar-refractivity contribution is 6.34. The lowest BCUT2D eigenvalue weighted by molar-refractivity contribution is 0.0925. The number of fused-ring (bicyclic) bond motifs is 1. The van der Waals surface area contributed by atoms with E-state index in [0.717, 1.165) is 4.90 Å². The van der Waals surface area contributed by atoms with Gasteiger partial charge in [-0.25, -0.2) is 4.90 Å². The number of nitrogens with two attached hydrogens (primary N) is 1. The summed E-state index contributed by atoms with van der Waals surface area (Å²) in [4.78, 5) is 26.1. The number of benzene rings is 2. The van der Waals surface area contributed by atoms with Crippen LogP contribution in [-0.2, 0) is 0 Å². The van der Waals surface area contributed by atoms with Crippen LogP contribution in [0.2, 0.25) is 0 Å². The highest BCUT2D eigenvalue weighted by Crippen LogP contribution is 2.36. The number of nitrogens with zero attached hydrogens (tertiary/aromatic N) is 1. The van der Waals surface area contributed by atoms with Crippen molar-refractivity contribution >= 4 is 23.2 Å². The minimum atomic E-state index is -0.346. The first-order chi connectivity index (χ1) is 10.1. The lowest BCUT2D eigenvalue weighted by Gasteiger charge is -2.18. The monoisotopic (exact) mass is 282 g/mol. The van der Waals surface area contributed by atoms with Crippen LogP contribution in [0.4, 0.5) is 11.4 Å². The van der Waals surface area contributed by atoms with Gasteiger partial charge < -0.3 is 10.5 Å². The SMILES string of the molecule is CCOc1cc(N)ccc1N1C(=O)c2ccccc2C1=O. The summed E-state index contributed by atoms with van der Waals surface area (Å²) in [7, 11) is 0. The summed E-state index contributed by atoms with van der Waals surface area (Å²) in [5.41, 5.74) is 7.48. The second-order valence-corrected chi connectivity index (χ2v) is 4.65. The Bertz CT molecular complexity index is 705. The van der Waals surface area contributed by atoms with E-state index < -0.39 is 0 Å². The summed E-state index contributed by atoms with van der Waals surface area (Å²) >= 11 is 0. The quantitative estimate of drug-likeness (QED) is 0.693. The zero-order valence-corrected chi connectivity index (χ0v) is 11.5. The molecule has 0 bridgehead atoms. The van der Waals surface area contributed by atoms with Crippen molar-refractivity contribution in [1.29, 1.82) is 0 Å². The van der Waals surface area contributed by atoms with Gasteiger partial charge in [0, 0.05) is 11.8 Å². The van der Waals surface area contributed by atoms with Gasteiger partial charge in [-0.15, -0.1) is 0 Å². The molecule has 21 heavy (non-hydrogen) atoms. The van der Waals surface area contributed by atoms with Crippen molar-refractivity contribution in [2.75, 3.05) is 17.2 Å². The van der Waals surface area contributed by atoms with Gasteiger partial charge in [-0.3, -0.25) is 9.59 Å². The van der Waals surface area contributed by atoms with Gasteiger partial charge in [0.15, 0.2) is 0 Å². The third-order valence-electron chi connectivity index (χ3n) is 3.32. The molecule has 0 saturated carbocycles. The minimum Gasteiger partial charge on any atom is -0.492 e. The summed E-state index contributed by atoms with van der Waals surface area (Å²) in [6.07, 6.45) is 0. The number of anilines is 2. The molecular formula is C16H14N2O3. The average molecular weight is 282 g/mol. The fourth-order valence-corrected chi connectivity index (χ4v) is 2.39. The molecule has 0 atom stereocenters. The number of rotatable bonds is 3. The first kappa shape index (κ1) is 13.2. The van der Waals surface area contributed by atoms with Crippen LogP contribution >= 0.6 is 0 Å². The number of carbonyl (C=O) groups excluding carboxylic acids is 2. The molecule has 2 aromatic carbocycles. The van der Waals surface area contributed by atoms with Crippen molar-refractivity contribution in [3.05, 3.63) is 53.6 Å². The minimum absolute atomic E-state index is 0.346. The standard InChI is InChI=1S/C16H14N2O3/c1-2-21-14-9-10(17)7-8-13(14)18-15(19)11-5-3-4-6-12(11)16(18)20/h3-9H,2,17H2,1H3. The van der Waals surface area contributed by atoms with Crippen molar-refractivity contribution in [2.45, 2.75) is 6.92 Å². The molecule has 2 N–H and O–H groups in total. The summed E-state index contributed by atoms with van der Waals surface area (Å²) in [5.74, 6) is -0.269. The van der Waals surface area contributed by atoms with E-state index >= 15 is 0 Å². The average Bonchev–Trinajstić information content (AvgIpc) is 2.73. The Morgan fingerprint density at radius 3 is 2.24 bits per heavy atom. The Balaban J connectivity index is 2.11. The molecule has 1 aliphatic rings. The fraction of sp³-hybridized carbons (Fsp3) is 0.125. The topological polar surface area (TPSA) is 72.6 Å². The first-order valence-electron chi connectivity index (χ1n) is 6.63. The predicted octanol–water partition coefficient (Wildman–Crippen LogP) is 2.47. The second-order valence-electron chi connectivity index (χ2n) is 4.65. The van der Waals surface area contributed by atoms with Crippen LogP contribution < -0.4 is 15.4 Å². The van der Waals surface area contributed by atoms with Gasteiger partial charge in [0.1, 0.15) is 5.75 Å². The van der Waals surface area contributed by atoms with E-state index in [-0.39, 0.29) is 11.8 Å². The molecule has 5 heteroatoms. The Labute approximate surface area is 121 Å². The van der Waals surface area contributed by atoms with Gasteiger partial charge >= 0.3 is 0 Å². The Morgan fingerprint density at radius 1 is 1.05 bits per heavy atom. The molecule has 5 nitrogen and oxygen atoms in total. The van der Waals surface area contributed by atoms with Crippen LogP contribution in [0.5, 0.6) is 5.75 Å². The summed E-state index contributed by atoms with van der Waals surface area (Å²) < 4.78 is 5.50. The third kappa shape index (κ3) is 2.03.